The number of thiazole rings is 1. The first-order valence-electron chi connectivity index (χ1n) is 7.34. The summed E-state index contributed by atoms with van der Waals surface area (Å²) in [6.45, 7) is 4.70. The van der Waals surface area contributed by atoms with Crippen LogP contribution >= 0.6 is 11.3 Å². The monoisotopic (exact) mass is 333 g/mol. The summed E-state index contributed by atoms with van der Waals surface area (Å²) in [6, 6.07) is 7.65. The molecule has 0 bridgehead atoms. The van der Waals surface area contributed by atoms with Crippen molar-refractivity contribution in [3.05, 3.63) is 40.9 Å². The van der Waals surface area contributed by atoms with Gasteiger partial charge in [0.2, 0.25) is 5.13 Å². The predicted octanol–water partition coefficient (Wildman–Crippen LogP) is 3.09. The normalized spacial score (nSPS) is 10.7. The van der Waals surface area contributed by atoms with Crippen molar-refractivity contribution in [2.45, 2.75) is 20.3 Å². The molecule has 2 aromatic rings. The first-order valence-corrected chi connectivity index (χ1v) is 8.15. The van der Waals surface area contributed by atoms with Gasteiger partial charge in [-0.3, -0.25) is 10.2 Å². The highest BCUT2D eigenvalue weighted by Crippen LogP contribution is 2.19. The molecule has 0 unspecified atom stereocenters. The number of esters is 1. The summed E-state index contributed by atoms with van der Waals surface area (Å²) in [7, 11) is 0. The smallest absolute Gasteiger partial charge is 0.311 e. The van der Waals surface area contributed by atoms with Crippen LogP contribution in [0.5, 0.6) is 5.75 Å². The van der Waals surface area contributed by atoms with Crippen LogP contribution in [0.15, 0.2) is 35.6 Å². The van der Waals surface area contributed by atoms with E-state index in [1.807, 2.05) is 31.2 Å². The van der Waals surface area contributed by atoms with Crippen molar-refractivity contribution in [3.8, 4) is 5.75 Å². The van der Waals surface area contributed by atoms with E-state index in [2.05, 4.69) is 15.5 Å². The lowest BCUT2D eigenvalue weighted by molar-refractivity contribution is -0.142. The number of rotatable bonds is 8. The SMILES string of the molecule is CCOC(=O)Cc1cnc(N/N=C/c2ccccc2OCC)s1. The third kappa shape index (κ3) is 5.37. The van der Waals surface area contributed by atoms with Crippen LogP contribution in [0.2, 0.25) is 0 Å². The quantitative estimate of drug-likeness (QED) is 0.456. The molecule has 0 atom stereocenters. The van der Waals surface area contributed by atoms with Gasteiger partial charge >= 0.3 is 5.97 Å². The minimum Gasteiger partial charge on any atom is -0.493 e. The highest BCUT2D eigenvalue weighted by molar-refractivity contribution is 7.15. The summed E-state index contributed by atoms with van der Waals surface area (Å²) in [5.41, 5.74) is 3.74. The summed E-state index contributed by atoms with van der Waals surface area (Å²) >= 11 is 1.37. The molecule has 0 aliphatic heterocycles. The van der Waals surface area contributed by atoms with Crippen LogP contribution in [0.4, 0.5) is 5.13 Å². The standard InChI is InChI=1S/C16H19N3O3S/c1-3-21-14-8-6-5-7-12(14)10-18-19-16-17-11-13(23-16)9-15(20)22-4-2/h5-8,10-11H,3-4,9H2,1-2H3,(H,17,19)/b18-10+. The molecule has 7 heteroatoms. The maximum Gasteiger partial charge on any atom is 0.311 e. The van der Waals surface area contributed by atoms with Gasteiger partial charge in [0, 0.05) is 16.6 Å². The van der Waals surface area contributed by atoms with E-state index in [0.717, 1.165) is 16.2 Å². The van der Waals surface area contributed by atoms with E-state index in [9.17, 15) is 4.79 Å². The molecule has 0 fully saturated rings. The summed E-state index contributed by atoms with van der Waals surface area (Å²) < 4.78 is 10.4. The number of hydrogen-bond donors (Lipinski definition) is 1. The molecular formula is C16H19N3O3S. The van der Waals surface area contributed by atoms with Gasteiger partial charge in [0.05, 0.1) is 25.8 Å². The second-order valence-corrected chi connectivity index (χ2v) is 5.57. The number of aromatic nitrogens is 1. The van der Waals surface area contributed by atoms with Crippen LogP contribution < -0.4 is 10.2 Å². The van der Waals surface area contributed by atoms with Gasteiger partial charge < -0.3 is 9.47 Å². The second-order valence-electron chi connectivity index (χ2n) is 4.45. The van der Waals surface area contributed by atoms with E-state index in [1.54, 1.807) is 19.3 Å². The number of carbonyl (C=O) groups excluding carboxylic acids is 1. The Kier molecular flexibility index (Phi) is 6.56. The van der Waals surface area contributed by atoms with Crippen LogP contribution in [0, 0.1) is 0 Å². The maximum absolute atomic E-state index is 11.4. The Morgan fingerprint density at radius 1 is 1.35 bits per heavy atom. The maximum atomic E-state index is 11.4. The lowest BCUT2D eigenvalue weighted by Crippen LogP contribution is -2.06. The summed E-state index contributed by atoms with van der Waals surface area (Å²) in [4.78, 5) is 16.4. The molecule has 0 radical (unpaired) electrons. The molecule has 6 nitrogen and oxygen atoms in total. The molecule has 23 heavy (non-hydrogen) atoms. The fourth-order valence-corrected chi connectivity index (χ4v) is 2.57. The highest BCUT2D eigenvalue weighted by atomic mass is 32.1. The molecule has 0 aliphatic carbocycles. The molecule has 2 rings (SSSR count). The molecule has 1 aromatic heterocycles. The average Bonchev–Trinajstić information content (AvgIpc) is 2.97. The fourth-order valence-electron chi connectivity index (χ4n) is 1.83. The van der Waals surface area contributed by atoms with Gasteiger partial charge in [0.25, 0.3) is 0 Å². The third-order valence-electron chi connectivity index (χ3n) is 2.76. The Bertz CT molecular complexity index is 670. The molecular weight excluding hydrogens is 314 g/mol. The largest absolute Gasteiger partial charge is 0.493 e. The molecule has 122 valence electrons. The van der Waals surface area contributed by atoms with E-state index in [0.29, 0.717) is 18.3 Å². The fraction of sp³-hybridized carbons (Fsp3) is 0.312. The Balaban J connectivity index is 1.93. The van der Waals surface area contributed by atoms with Crippen molar-refractivity contribution < 1.29 is 14.3 Å². The molecule has 0 spiro atoms. The summed E-state index contributed by atoms with van der Waals surface area (Å²) in [5.74, 6) is 0.527. The van der Waals surface area contributed by atoms with E-state index in [-0.39, 0.29) is 12.4 Å². The minimum absolute atomic E-state index is 0.226. The van der Waals surface area contributed by atoms with Gasteiger partial charge in [-0.05, 0) is 26.0 Å². The van der Waals surface area contributed by atoms with Crippen molar-refractivity contribution in [1.82, 2.24) is 4.98 Å². The molecule has 1 aromatic carbocycles. The minimum atomic E-state index is -0.253. The Labute approximate surface area is 139 Å². The zero-order valence-corrected chi connectivity index (χ0v) is 13.9. The van der Waals surface area contributed by atoms with E-state index in [4.69, 9.17) is 9.47 Å². The van der Waals surface area contributed by atoms with E-state index >= 15 is 0 Å². The van der Waals surface area contributed by atoms with Crippen molar-refractivity contribution in [3.63, 3.8) is 0 Å². The molecule has 0 amide bonds. The first kappa shape index (κ1) is 17.0. The van der Waals surface area contributed by atoms with Gasteiger partial charge in [-0.25, -0.2) is 4.98 Å². The lowest BCUT2D eigenvalue weighted by Gasteiger charge is -2.05. The Hall–Kier alpha value is -2.41. The average molecular weight is 333 g/mol. The van der Waals surface area contributed by atoms with Crippen molar-refractivity contribution >= 4 is 28.7 Å². The summed E-state index contributed by atoms with van der Waals surface area (Å²) in [6.07, 6.45) is 3.55. The number of hydrogen-bond acceptors (Lipinski definition) is 7. The van der Waals surface area contributed by atoms with Crippen molar-refractivity contribution in [1.29, 1.82) is 0 Å². The van der Waals surface area contributed by atoms with Gasteiger partial charge in [0.1, 0.15) is 5.75 Å². The second kappa shape index (κ2) is 8.89. The van der Waals surface area contributed by atoms with E-state index < -0.39 is 0 Å². The van der Waals surface area contributed by atoms with Crippen molar-refractivity contribution in [2.24, 2.45) is 5.10 Å². The number of nitrogens with zero attached hydrogens (tertiary/aromatic N) is 2. The van der Waals surface area contributed by atoms with Crippen LogP contribution in [0.1, 0.15) is 24.3 Å². The number of carbonyl (C=O) groups is 1. The molecule has 1 heterocycles. The van der Waals surface area contributed by atoms with E-state index in [1.165, 1.54) is 11.3 Å². The number of hydrazone groups is 1. The molecule has 0 saturated carbocycles. The third-order valence-corrected chi connectivity index (χ3v) is 3.66. The Morgan fingerprint density at radius 3 is 2.96 bits per heavy atom. The van der Waals surface area contributed by atoms with Gasteiger partial charge in [-0.15, -0.1) is 0 Å². The van der Waals surface area contributed by atoms with Crippen LogP contribution in [0.3, 0.4) is 0 Å². The van der Waals surface area contributed by atoms with Crippen LogP contribution in [0.25, 0.3) is 0 Å². The zero-order chi connectivity index (χ0) is 16.5. The van der Waals surface area contributed by atoms with Gasteiger partial charge in [-0.1, -0.05) is 23.5 Å². The van der Waals surface area contributed by atoms with Crippen molar-refractivity contribution in [2.75, 3.05) is 18.6 Å². The van der Waals surface area contributed by atoms with Gasteiger partial charge in [-0.2, -0.15) is 5.10 Å². The Morgan fingerprint density at radius 2 is 2.17 bits per heavy atom. The lowest BCUT2D eigenvalue weighted by atomic mass is 10.2. The van der Waals surface area contributed by atoms with Crippen LogP contribution in [-0.4, -0.2) is 30.4 Å². The summed E-state index contributed by atoms with van der Waals surface area (Å²) in [5, 5.41) is 4.78. The zero-order valence-electron chi connectivity index (χ0n) is 13.1. The number of anilines is 1. The number of para-hydroxylation sites is 1. The molecule has 0 saturated heterocycles. The van der Waals surface area contributed by atoms with Gasteiger partial charge in [0.15, 0.2) is 0 Å². The predicted molar refractivity (Wildman–Crippen MR) is 91.3 cm³/mol. The molecule has 0 aliphatic rings. The number of nitrogens with one attached hydrogen (secondary N) is 1. The number of benzene rings is 1. The first-order chi connectivity index (χ1) is 11.2. The highest BCUT2D eigenvalue weighted by Gasteiger charge is 2.07. The molecule has 1 N–H and O–H groups in total. The van der Waals surface area contributed by atoms with Crippen LogP contribution in [-0.2, 0) is 16.0 Å². The topological polar surface area (TPSA) is 72.8 Å². The number of ether oxygens (including phenoxy) is 2.